The zero-order valence-corrected chi connectivity index (χ0v) is 24.0. The van der Waals surface area contributed by atoms with Crippen LogP contribution in [-0.4, -0.2) is 58.2 Å². The molecule has 4 aliphatic carbocycles. The Morgan fingerprint density at radius 3 is 2.55 bits per heavy atom. The molecular formula is C26H42N4O6S2. The lowest BCUT2D eigenvalue weighted by Gasteiger charge is -2.63. The number of aromatic nitrogens is 2. The van der Waals surface area contributed by atoms with Crippen LogP contribution in [0.15, 0.2) is 4.34 Å². The van der Waals surface area contributed by atoms with Crippen LogP contribution in [0.2, 0.25) is 0 Å². The average molecular weight is 571 g/mol. The number of amides is 1. The number of fused-ring (bicyclic) bond motifs is 5. The van der Waals surface area contributed by atoms with Gasteiger partial charge in [0.15, 0.2) is 0 Å². The molecule has 12 heteroatoms. The summed E-state index contributed by atoms with van der Waals surface area (Å²) in [4.78, 5) is 12.6. The van der Waals surface area contributed by atoms with Crippen LogP contribution in [0.5, 0.6) is 0 Å². The Hall–Kier alpha value is -1.18. The van der Waals surface area contributed by atoms with Gasteiger partial charge in [0.2, 0.25) is 15.4 Å². The van der Waals surface area contributed by atoms with Gasteiger partial charge in [-0.25, -0.2) is 13.6 Å². The quantitative estimate of drug-likeness (QED) is 0.324. The van der Waals surface area contributed by atoms with Gasteiger partial charge in [-0.1, -0.05) is 32.1 Å². The lowest BCUT2D eigenvalue weighted by Crippen LogP contribution is -2.62. The second kappa shape index (κ2) is 10.0. The molecule has 10 nitrogen and oxygen atoms in total. The number of rotatable bonds is 6. The van der Waals surface area contributed by atoms with E-state index >= 15 is 0 Å². The molecule has 1 amide bonds. The zero-order chi connectivity index (χ0) is 27.6. The smallest absolute Gasteiger partial charge is 0.267 e. The largest absolute Gasteiger partial charge is 0.393 e. The van der Waals surface area contributed by atoms with Gasteiger partial charge in [-0.2, -0.15) is 0 Å². The van der Waals surface area contributed by atoms with Crippen LogP contribution in [0, 0.1) is 46.3 Å². The highest BCUT2D eigenvalue weighted by atomic mass is 32.2. The van der Waals surface area contributed by atoms with Gasteiger partial charge in [-0.05, 0) is 97.7 Å². The van der Waals surface area contributed by atoms with E-state index < -0.39 is 22.2 Å². The number of anilines is 1. The van der Waals surface area contributed by atoms with Crippen molar-refractivity contribution in [2.45, 2.75) is 101 Å². The number of nitrogens with one attached hydrogen (secondary N) is 1. The molecule has 11 atom stereocenters. The summed E-state index contributed by atoms with van der Waals surface area (Å²) < 4.78 is 22.5. The van der Waals surface area contributed by atoms with Crippen molar-refractivity contribution in [1.29, 1.82) is 0 Å². The number of nitrogens with zero attached hydrogens (tertiary/aromatic N) is 2. The van der Waals surface area contributed by atoms with Crippen LogP contribution in [0.3, 0.4) is 0 Å². The summed E-state index contributed by atoms with van der Waals surface area (Å²) in [5, 5.41) is 48.4. The van der Waals surface area contributed by atoms with Crippen LogP contribution < -0.4 is 10.5 Å². The standard InChI is InChI=1S/C26H42N4O6S2/c1-13(4-7-21(34)28-23-29-30-24(37-23)38(27,35)36)16-5-6-17-22-18(12-20(33)26(16,17)3)25(2)9-8-15(31)10-14(25)11-19(22)32/h13-20,22,31-33H,4-12H2,1-3H3,(H2,27,35,36)(H,28,29,34)/t13-,14+,15-,16-,17?,18?,19?,20+,22?,25+,26-/m1/s1. The molecule has 1 heterocycles. The summed E-state index contributed by atoms with van der Waals surface area (Å²) in [6, 6.07) is 0. The van der Waals surface area contributed by atoms with E-state index in [2.05, 4.69) is 36.3 Å². The molecule has 0 spiro atoms. The van der Waals surface area contributed by atoms with Crippen LogP contribution in [-0.2, 0) is 14.8 Å². The maximum Gasteiger partial charge on any atom is 0.267 e. The summed E-state index contributed by atoms with van der Waals surface area (Å²) >= 11 is 0.723. The molecule has 0 aliphatic heterocycles. The van der Waals surface area contributed by atoms with Crippen LogP contribution >= 0.6 is 11.3 Å². The van der Waals surface area contributed by atoms with Gasteiger partial charge in [0, 0.05) is 6.42 Å². The van der Waals surface area contributed by atoms with Crippen molar-refractivity contribution in [3.8, 4) is 0 Å². The molecule has 38 heavy (non-hydrogen) atoms. The molecule has 4 saturated carbocycles. The highest BCUT2D eigenvalue weighted by Gasteiger charge is 2.65. The van der Waals surface area contributed by atoms with Crippen molar-refractivity contribution in [2.24, 2.45) is 51.5 Å². The van der Waals surface area contributed by atoms with Crippen molar-refractivity contribution >= 4 is 32.4 Å². The summed E-state index contributed by atoms with van der Waals surface area (Å²) in [6.45, 7) is 6.68. The second-order valence-electron chi connectivity index (χ2n) is 13.0. The fourth-order valence-electron chi connectivity index (χ4n) is 9.25. The number of hydrogen-bond donors (Lipinski definition) is 5. The predicted octanol–water partition coefficient (Wildman–Crippen LogP) is 2.50. The highest BCUT2D eigenvalue weighted by Crippen LogP contribution is 2.68. The SMILES string of the molecule is C[C@H](CCC(=O)Nc1nnc(S(N)(=O)=O)s1)[C@H]1CCC2C3C(O)C[C@@H]4C[C@H](O)CC[C@]4(C)C3C[C@H](O)[C@@]21C. The first-order valence-corrected chi connectivity index (χ1v) is 16.3. The summed E-state index contributed by atoms with van der Waals surface area (Å²) in [6.07, 6.45) is 5.56. The zero-order valence-electron chi connectivity index (χ0n) is 22.4. The summed E-state index contributed by atoms with van der Waals surface area (Å²) in [5.41, 5.74) is -0.278. The number of sulfonamides is 1. The van der Waals surface area contributed by atoms with Crippen molar-refractivity contribution < 1.29 is 28.5 Å². The fourth-order valence-corrected chi connectivity index (χ4v) is 10.6. The number of carbonyl (C=O) groups excluding carboxylic acids is 1. The van der Waals surface area contributed by atoms with Gasteiger partial charge in [0.25, 0.3) is 10.0 Å². The molecule has 4 aliphatic rings. The Balaban J connectivity index is 1.26. The van der Waals surface area contributed by atoms with Crippen molar-refractivity contribution in [2.75, 3.05) is 5.32 Å². The van der Waals surface area contributed by atoms with Gasteiger partial charge in [0.1, 0.15) is 0 Å². The van der Waals surface area contributed by atoms with Gasteiger partial charge in [-0.3, -0.25) is 4.79 Å². The van der Waals surface area contributed by atoms with E-state index in [1.54, 1.807) is 0 Å². The molecule has 0 radical (unpaired) electrons. The molecule has 0 aromatic carbocycles. The molecule has 4 fully saturated rings. The number of primary sulfonamides is 1. The maximum absolute atomic E-state index is 12.6. The summed E-state index contributed by atoms with van der Waals surface area (Å²) in [5.74, 6) is 1.09. The third-order valence-corrected chi connectivity index (χ3v) is 13.4. The summed E-state index contributed by atoms with van der Waals surface area (Å²) in [7, 11) is -3.96. The maximum atomic E-state index is 12.6. The molecular weight excluding hydrogens is 528 g/mol. The molecule has 1 aromatic heterocycles. The molecule has 5 rings (SSSR count). The molecule has 4 unspecified atom stereocenters. The van der Waals surface area contributed by atoms with E-state index in [1.165, 1.54) is 0 Å². The Labute approximate surface area is 228 Å². The van der Waals surface area contributed by atoms with Gasteiger partial charge in [-0.15, -0.1) is 10.2 Å². The van der Waals surface area contributed by atoms with Crippen molar-refractivity contribution in [3.05, 3.63) is 0 Å². The first-order chi connectivity index (χ1) is 17.7. The lowest BCUT2D eigenvalue weighted by atomic mass is 9.43. The third-order valence-electron chi connectivity index (χ3n) is 11.2. The van der Waals surface area contributed by atoms with E-state index in [1.807, 2.05) is 0 Å². The minimum Gasteiger partial charge on any atom is -0.393 e. The second-order valence-corrected chi connectivity index (χ2v) is 15.7. The minimum atomic E-state index is -3.96. The number of hydrogen-bond acceptors (Lipinski definition) is 9. The number of aliphatic hydroxyl groups is 3. The molecule has 214 valence electrons. The van der Waals surface area contributed by atoms with E-state index in [9.17, 15) is 28.5 Å². The topological polar surface area (TPSA) is 176 Å². The predicted molar refractivity (Wildman–Crippen MR) is 142 cm³/mol. The minimum absolute atomic E-state index is 0.0427. The normalized spacial score (nSPS) is 43.6. The van der Waals surface area contributed by atoms with Gasteiger partial charge in [0.05, 0.1) is 18.3 Å². The Bertz CT molecular complexity index is 1160. The Morgan fingerprint density at radius 2 is 1.87 bits per heavy atom. The molecule has 1 aromatic rings. The van der Waals surface area contributed by atoms with E-state index in [-0.39, 0.29) is 68.3 Å². The first-order valence-electron chi connectivity index (χ1n) is 14.0. The average Bonchev–Trinajstić information content (AvgIpc) is 3.45. The van der Waals surface area contributed by atoms with Crippen molar-refractivity contribution in [1.82, 2.24) is 10.2 Å². The van der Waals surface area contributed by atoms with E-state index in [4.69, 9.17) is 5.14 Å². The van der Waals surface area contributed by atoms with E-state index in [0.717, 1.165) is 49.9 Å². The van der Waals surface area contributed by atoms with E-state index in [0.29, 0.717) is 18.8 Å². The van der Waals surface area contributed by atoms with Crippen LogP contribution in [0.4, 0.5) is 5.13 Å². The van der Waals surface area contributed by atoms with Gasteiger partial charge >= 0.3 is 0 Å². The number of carbonyl (C=O) groups is 1. The third kappa shape index (κ3) is 4.72. The highest BCUT2D eigenvalue weighted by molar-refractivity contribution is 7.91. The fraction of sp³-hybridized carbons (Fsp3) is 0.885. The molecule has 0 saturated heterocycles. The number of nitrogens with two attached hydrogens (primary N) is 1. The Kier molecular flexibility index (Phi) is 7.48. The number of aliphatic hydroxyl groups excluding tert-OH is 3. The van der Waals surface area contributed by atoms with Crippen molar-refractivity contribution in [3.63, 3.8) is 0 Å². The first kappa shape index (κ1) is 28.4. The van der Waals surface area contributed by atoms with Crippen LogP contribution in [0.25, 0.3) is 0 Å². The van der Waals surface area contributed by atoms with Crippen LogP contribution in [0.1, 0.15) is 78.6 Å². The molecule has 6 N–H and O–H groups in total. The lowest BCUT2D eigenvalue weighted by molar-refractivity contribution is -0.207. The van der Waals surface area contributed by atoms with Gasteiger partial charge < -0.3 is 20.6 Å². The monoisotopic (exact) mass is 570 g/mol. The Morgan fingerprint density at radius 1 is 1.13 bits per heavy atom. The molecule has 0 bridgehead atoms.